The van der Waals surface area contributed by atoms with Gasteiger partial charge in [-0.3, -0.25) is 14.4 Å². The van der Waals surface area contributed by atoms with Crippen molar-refractivity contribution in [1.29, 1.82) is 0 Å². The fourth-order valence-electron chi connectivity index (χ4n) is 6.61. The molecule has 2 unspecified atom stereocenters. The van der Waals surface area contributed by atoms with Gasteiger partial charge in [-0.15, -0.1) is 11.8 Å². The molecule has 0 saturated carbocycles. The molecule has 2 saturated heterocycles. The number of ether oxygens (including phenoxy) is 1. The number of aliphatic hydroxyl groups excluding tert-OH is 1. The molecular weight excluding hydrogens is 476 g/mol. The highest BCUT2D eigenvalue weighted by atomic mass is 32.2. The van der Waals surface area contributed by atoms with E-state index in [4.69, 9.17) is 9.84 Å². The van der Waals surface area contributed by atoms with Gasteiger partial charge in [-0.1, -0.05) is 50.5 Å². The van der Waals surface area contributed by atoms with Gasteiger partial charge in [-0.25, -0.2) is 0 Å². The summed E-state index contributed by atoms with van der Waals surface area (Å²) in [5.41, 5.74) is 0. The maximum Gasteiger partial charge on any atom is 0.311 e. The van der Waals surface area contributed by atoms with Crippen molar-refractivity contribution in [2.24, 2.45) is 11.8 Å². The van der Waals surface area contributed by atoms with Crippen LogP contribution in [0.3, 0.4) is 0 Å². The van der Waals surface area contributed by atoms with Crippen molar-refractivity contribution in [2.75, 3.05) is 26.3 Å². The van der Waals surface area contributed by atoms with Crippen LogP contribution in [0.4, 0.5) is 0 Å². The Balaban J connectivity index is 1.75. The second-order valence-corrected chi connectivity index (χ2v) is 12.7. The number of likely N-dealkylation sites (tertiary alicyclic amines) is 1. The zero-order valence-electron chi connectivity index (χ0n) is 22.0. The maximum absolute atomic E-state index is 14.3. The van der Waals surface area contributed by atoms with Crippen molar-refractivity contribution in [3.8, 4) is 0 Å². The van der Waals surface area contributed by atoms with Crippen LogP contribution in [0.15, 0.2) is 24.3 Å². The van der Waals surface area contributed by atoms with E-state index < -0.39 is 27.4 Å². The third kappa shape index (κ3) is 4.75. The van der Waals surface area contributed by atoms with Crippen molar-refractivity contribution in [2.45, 2.75) is 93.7 Å². The van der Waals surface area contributed by atoms with Gasteiger partial charge in [0.15, 0.2) is 0 Å². The summed E-state index contributed by atoms with van der Waals surface area (Å²) in [5.74, 6) is -1.70. The van der Waals surface area contributed by atoms with Crippen LogP contribution >= 0.6 is 11.8 Å². The van der Waals surface area contributed by atoms with Crippen molar-refractivity contribution >= 4 is 29.5 Å². The largest absolute Gasteiger partial charge is 0.465 e. The number of aliphatic hydroxyl groups is 1. The molecule has 2 fully saturated rings. The number of cyclic esters (lactones) is 1. The Morgan fingerprint density at radius 2 is 1.89 bits per heavy atom. The molecule has 6 atom stereocenters. The van der Waals surface area contributed by atoms with Crippen molar-refractivity contribution in [3.63, 3.8) is 0 Å². The van der Waals surface area contributed by atoms with Crippen LogP contribution in [0.2, 0.25) is 0 Å². The summed E-state index contributed by atoms with van der Waals surface area (Å²) >= 11 is 1.62. The highest BCUT2D eigenvalue weighted by molar-refractivity contribution is 8.02. The van der Waals surface area contributed by atoms with Gasteiger partial charge in [-0.2, -0.15) is 0 Å². The monoisotopic (exact) mass is 518 g/mol. The zero-order valence-corrected chi connectivity index (χ0v) is 22.8. The number of amides is 2. The van der Waals surface area contributed by atoms with Crippen LogP contribution in [0.5, 0.6) is 0 Å². The minimum absolute atomic E-state index is 0.00732. The lowest BCUT2D eigenvalue weighted by Gasteiger charge is -2.38. The topological polar surface area (TPSA) is 87.2 Å². The molecule has 0 aliphatic carbocycles. The first-order chi connectivity index (χ1) is 17.3. The quantitative estimate of drug-likeness (QED) is 0.285. The summed E-state index contributed by atoms with van der Waals surface area (Å²) < 4.78 is 4.25. The lowest BCUT2D eigenvalue weighted by atomic mass is 9.74. The fourth-order valence-corrected chi connectivity index (χ4v) is 8.76. The Morgan fingerprint density at radius 1 is 1.11 bits per heavy atom. The van der Waals surface area contributed by atoms with Gasteiger partial charge in [0.2, 0.25) is 11.8 Å². The second-order valence-electron chi connectivity index (χ2n) is 10.9. The minimum Gasteiger partial charge on any atom is -0.465 e. The smallest absolute Gasteiger partial charge is 0.311 e. The van der Waals surface area contributed by atoms with Crippen LogP contribution in [0, 0.1) is 11.8 Å². The summed E-state index contributed by atoms with van der Waals surface area (Å²) in [7, 11) is 0. The van der Waals surface area contributed by atoms with Gasteiger partial charge in [-0.05, 0) is 46.0 Å². The number of esters is 1. The number of hydrogen-bond acceptors (Lipinski definition) is 6. The summed E-state index contributed by atoms with van der Waals surface area (Å²) in [4.78, 5) is 45.6. The van der Waals surface area contributed by atoms with Gasteiger partial charge < -0.3 is 19.6 Å². The molecule has 1 N–H and O–H groups in total. The third-order valence-corrected chi connectivity index (χ3v) is 10.1. The predicted molar refractivity (Wildman–Crippen MR) is 141 cm³/mol. The first-order valence-corrected chi connectivity index (χ1v) is 14.6. The highest BCUT2D eigenvalue weighted by Crippen LogP contribution is 2.65. The molecule has 2 amide bonds. The number of carbonyl (C=O) groups excluding carboxylic acids is 3. The molecule has 4 aliphatic heterocycles. The number of allylic oxidation sites excluding steroid dienone is 1. The lowest BCUT2D eigenvalue weighted by molar-refractivity contribution is -0.154. The van der Waals surface area contributed by atoms with E-state index in [-0.39, 0.29) is 30.4 Å². The number of hydrogen-bond donors (Lipinski definition) is 1. The molecule has 0 aromatic rings. The van der Waals surface area contributed by atoms with Crippen LogP contribution in [0.25, 0.3) is 0 Å². The van der Waals surface area contributed by atoms with Gasteiger partial charge in [0.05, 0.1) is 23.2 Å². The molecule has 0 bridgehead atoms. The Morgan fingerprint density at radius 3 is 2.64 bits per heavy atom. The second kappa shape index (κ2) is 11.3. The Kier molecular flexibility index (Phi) is 8.55. The van der Waals surface area contributed by atoms with Gasteiger partial charge in [0.25, 0.3) is 0 Å². The van der Waals surface area contributed by atoms with Gasteiger partial charge >= 0.3 is 5.97 Å². The maximum atomic E-state index is 14.3. The first-order valence-electron chi connectivity index (χ1n) is 13.7. The third-order valence-electron chi connectivity index (χ3n) is 8.33. The zero-order chi connectivity index (χ0) is 25.9. The van der Waals surface area contributed by atoms with E-state index >= 15 is 0 Å². The Hall–Kier alpha value is -1.80. The predicted octanol–water partition coefficient (Wildman–Crippen LogP) is 3.71. The molecule has 7 nitrogen and oxygen atoms in total. The summed E-state index contributed by atoms with van der Waals surface area (Å²) in [6.07, 6.45) is 15.1. The molecule has 200 valence electrons. The van der Waals surface area contributed by atoms with Crippen molar-refractivity contribution in [1.82, 2.24) is 9.80 Å². The lowest BCUT2D eigenvalue weighted by Crippen LogP contribution is -2.55. The molecule has 8 heteroatoms. The molecule has 0 aromatic heterocycles. The summed E-state index contributed by atoms with van der Waals surface area (Å²) in [5, 5.41) is 9.12. The van der Waals surface area contributed by atoms with E-state index in [1.54, 1.807) is 16.7 Å². The summed E-state index contributed by atoms with van der Waals surface area (Å²) in [6, 6.07) is -0.559. The SMILES string of the molecule is CCCC(C)N1CC=C[C@]23S[C@@]4(C)/C=C\CCCOC(=O)[C@H]4[C@H]2C(=O)N(CCCCCCO)C3C1=O. The van der Waals surface area contributed by atoms with E-state index in [0.29, 0.717) is 19.7 Å². The molecule has 36 heavy (non-hydrogen) atoms. The molecule has 4 aliphatic rings. The van der Waals surface area contributed by atoms with Crippen LogP contribution in [-0.4, -0.2) is 80.6 Å². The van der Waals surface area contributed by atoms with Crippen LogP contribution < -0.4 is 0 Å². The number of carbonyl (C=O) groups is 3. The van der Waals surface area contributed by atoms with Crippen LogP contribution in [-0.2, 0) is 19.1 Å². The van der Waals surface area contributed by atoms with E-state index in [1.165, 1.54) is 0 Å². The average molecular weight is 519 g/mol. The number of nitrogens with zero attached hydrogens (tertiary/aromatic N) is 2. The standard InChI is InChI=1S/C28H42N2O5S/c1-4-13-20(2)29-17-12-15-28-21(22-26(34)35-19-11-7-8-14-27(22,3)36-28)24(32)30(23(28)25(29)33)16-9-5-6-10-18-31/h8,12,14-15,20-23,31H,4-7,9-11,13,16-19H2,1-3H3/b14-8-/t20?,21-,22+,23?,27-,28-/m0/s1. The van der Waals surface area contributed by atoms with Gasteiger partial charge in [0.1, 0.15) is 6.04 Å². The molecule has 1 spiro atoms. The van der Waals surface area contributed by atoms with E-state index in [2.05, 4.69) is 32.1 Å². The number of thioether (sulfide) groups is 1. The van der Waals surface area contributed by atoms with Crippen molar-refractivity contribution in [3.05, 3.63) is 24.3 Å². The van der Waals surface area contributed by atoms with E-state index in [9.17, 15) is 14.4 Å². The van der Waals surface area contributed by atoms with Gasteiger partial charge in [0, 0.05) is 30.5 Å². The molecular formula is C28H42N2O5S. The average Bonchev–Trinajstić information content (AvgIpc) is 3.18. The highest BCUT2D eigenvalue weighted by Gasteiger charge is 2.73. The molecule has 0 aromatic carbocycles. The number of fused-ring (bicyclic) bond motifs is 2. The Bertz CT molecular complexity index is 906. The van der Waals surface area contributed by atoms with E-state index in [0.717, 1.165) is 51.4 Å². The minimum atomic E-state index is -0.804. The fraction of sp³-hybridized carbons (Fsp3) is 0.750. The first kappa shape index (κ1) is 27.2. The van der Waals surface area contributed by atoms with Crippen molar-refractivity contribution < 1.29 is 24.2 Å². The summed E-state index contributed by atoms with van der Waals surface area (Å²) in [6.45, 7) is 7.75. The molecule has 4 heterocycles. The van der Waals surface area contributed by atoms with Crippen LogP contribution in [0.1, 0.15) is 72.1 Å². The Labute approximate surface area is 219 Å². The van der Waals surface area contributed by atoms with E-state index in [1.807, 2.05) is 17.9 Å². The molecule has 0 radical (unpaired) electrons. The molecule has 4 rings (SSSR count). The normalized spacial score (nSPS) is 35.8. The number of rotatable bonds is 9. The number of unbranched alkanes of at least 4 members (excludes halogenated alkanes) is 3.